The van der Waals surface area contributed by atoms with Crippen molar-refractivity contribution in [2.75, 3.05) is 17.6 Å². The van der Waals surface area contributed by atoms with E-state index in [0.29, 0.717) is 46.5 Å². The second-order valence-corrected chi connectivity index (χ2v) is 12.7. The molecule has 2 bridgehead atoms. The third-order valence-electron chi connectivity index (χ3n) is 8.14. The lowest BCUT2D eigenvalue weighted by Crippen LogP contribution is -2.45. The fourth-order valence-electron chi connectivity index (χ4n) is 6.18. The number of nitrogens with two attached hydrogens (primary N) is 1. The van der Waals surface area contributed by atoms with Gasteiger partial charge in [-0.1, -0.05) is 38.1 Å². The third kappa shape index (κ3) is 5.17. The van der Waals surface area contributed by atoms with Crippen LogP contribution in [0.15, 0.2) is 54.9 Å². The molecule has 0 spiro atoms. The molecule has 0 radical (unpaired) electrons. The normalized spacial score (nSPS) is 20.0. The minimum Gasteiger partial charge on any atom is -0.444 e. The molecule has 10 nitrogen and oxygen atoms in total. The van der Waals surface area contributed by atoms with Gasteiger partial charge in [0.15, 0.2) is 5.65 Å². The average Bonchev–Trinajstić information content (AvgIpc) is 3.66. The van der Waals surface area contributed by atoms with Crippen LogP contribution in [-0.4, -0.2) is 54.8 Å². The number of benzene rings is 2. The standard InChI is InChI=1S/C32H37N7O3/c1-18(2)20-9-11-23(12-10-20)36-30(40)22-8-6-7-21(15-22)27-26-28(33)34-17-35-29(26)39(37-27)25-14-19-13-24(25)38(16-19)31(41)42-32(3,4)5/h6-12,15,17-19,24-25H,13-14,16H2,1-5H3,(H,36,40)(H2,33,34,35). The van der Waals surface area contributed by atoms with Crippen molar-refractivity contribution in [2.45, 2.75) is 71.1 Å². The number of hydrogen-bond acceptors (Lipinski definition) is 7. The first-order valence-electron chi connectivity index (χ1n) is 14.5. The molecule has 218 valence electrons. The molecule has 1 saturated carbocycles. The molecule has 10 heteroatoms. The molecule has 2 aliphatic rings. The van der Waals surface area contributed by atoms with Crippen LogP contribution in [-0.2, 0) is 4.74 Å². The number of carbonyl (C=O) groups excluding carboxylic acids is 2. The van der Waals surface area contributed by atoms with Crippen molar-refractivity contribution < 1.29 is 14.3 Å². The molecule has 2 aromatic heterocycles. The zero-order valence-corrected chi connectivity index (χ0v) is 24.7. The van der Waals surface area contributed by atoms with Gasteiger partial charge in [0, 0.05) is 23.4 Å². The van der Waals surface area contributed by atoms with Gasteiger partial charge in [0.2, 0.25) is 0 Å². The number of rotatable bonds is 5. The molecule has 1 aliphatic heterocycles. The van der Waals surface area contributed by atoms with Gasteiger partial charge < -0.3 is 20.7 Å². The summed E-state index contributed by atoms with van der Waals surface area (Å²) in [4.78, 5) is 36.9. The summed E-state index contributed by atoms with van der Waals surface area (Å²) >= 11 is 0. The third-order valence-corrected chi connectivity index (χ3v) is 8.14. The highest BCUT2D eigenvalue weighted by atomic mass is 16.6. The fourth-order valence-corrected chi connectivity index (χ4v) is 6.18. The molecular formula is C32H37N7O3. The average molecular weight is 568 g/mol. The minimum atomic E-state index is -0.573. The highest BCUT2D eigenvalue weighted by molar-refractivity contribution is 6.06. The number of likely N-dealkylation sites (tertiary alicyclic amines) is 1. The van der Waals surface area contributed by atoms with Crippen molar-refractivity contribution in [1.29, 1.82) is 0 Å². The van der Waals surface area contributed by atoms with E-state index in [1.807, 2.05) is 72.8 Å². The van der Waals surface area contributed by atoms with E-state index in [1.165, 1.54) is 11.9 Å². The summed E-state index contributed by atoms with van der Waals surface area (Å²) in [6, 6.07) is 15.1. The summed E-state index contributed by atoms with van der Waals surface area (Å²) in [6.45, 7) is 10.6. The van der Waals surface area contributed by atoms with Gasteiger partial charge in [-0.05, 0) is 75.3 Å². The lowest BCUT2D eigenvalue weighted by atomic mass is 10.0. The van der Waals surface area contributed by atoms with Crippen LogP contribution in [0.25, 0.3) is 22.3 Å². The molecule has 3 N–H and O–H groups in total. The van der Waals surface area contributed by atoms with E-state index in [1.54, 1.807) is 6.07 Å². The van der Waals surface area contributed by atoms with Gasteiger partial charge in [-0.3, -0.25) is 4.79 Å². The van der Waals surface area contributed by atoms with Crippen LogP contribution in [0.2, 0.25) is 0 Å². The number of nitrogen functional groups attached to an aromatic ring is 1. The maximum absolute atomic E-state index is 13.2. The number of nitrogens with zero attached hydrogens (tertiary/aromatic N) is 5. The van der Waals surface area contributed by atoms with Crippen LogP contribution in [0.1, 0.15) is 75.3 Å². The van der Waals surface area contributed by atoms with Crippen LogP contribution in [0.4, 0.5) is 16.3 Å². The van der Waals surface area contributed by atoms with Crippen molar-refractivity contribution >= 4 is 34.5 Å². The lowest BCUT2D eigenvalue weighted by Gasteiger charge is -2.34. The van der Waals surface area contributed by atoms with Gasteiger partial charge in [0.05, 0.1) is 17.5 Å². The number of piperidine rings is 1. The van der Waals surface area contributed by atoms with Crippen molar-refractivity contribution in [1.82, 2.24) is 24.6 Å². The van der Waals surface area contributed by atoms with E-state index in [9.17, 15) is 9.59 Å². The van der Waals surface area contributed by atoms with Gasteiger partial charge in [0.1, 0.15) is 23.4 Å². The number of anilines is 2. The molecule has 3 heterocycles. The molecule has 2 amide bonds. The molecule has 6 rings (SSSR count). The summed E-state index contributed by atoms with van der Waals surface area (Å²) in [5.74, 6) is 0.866. The van der Waals surface area contributed by atoms with Crippen molar-refractivity contribution in [3.8, 4) is 11.3 Å². The van der Waals surface area contributed by atoms with Crippen LogP contribution >= 0.6 is 0 Å². The molecular weight excluding hydrogens is 530 g/mol. The van der Waals surface area contributed by atoms with Crippen LogP contribution in [0.5, 0.6) is 0 Å². The Hall–Kier alpha value is -4.47. The number of amides is 2. The van der Waals surface area contributed by atoms with Crippen LogP contribution < -0.4 is 11.1 Å². The Morgan fingerprint density at radius 2 is 1.79 bits per heavy atom. The number of hydrogen-bond donors (Lipinski definition) is 2. The summed E-state index contributed by atoms with van der Waals surface area (Å²) in [5, 5.41) is 8.64. The van der Waals surface area contributed by atoms with Gasteiger partial charge in [0.25, 0.3) is 5.91 Å². The zero-order valence-electron chi connectivity index (χ0n) is 24.7. The Labute approximate surface area is 245 Å². The molecule has 1 saturated heterocycles. The molecule has 2 aromatic carbocycles. The highest BCUT2D eigenvalue weighted by Crippen LogP contribution is 2.46. The molecule has 42 heavy (non-hydrogen) atoms. The Morgan fingerprint density at radius 1 is 1.05 bits per heavy atom. The predicted octanol–water partition coefficient (Wildman–Crippen LogP) is 6.02. The van der Waals surface area contributed by atoms with Crippen molar-refractivity contribution in [3.63, 3.8) is 0 Å². The smallest absolute Gasteiger partial charge is 0.410 e. The van der Waals surface area contributed by atoms with Gasteiger partial charge in [-0.15, -0.1) is 0 Å². The van der Waals surface area contributed by atoms with Crippen molar-refractivity contribution in [2.24, 2.45) is 5.92 Å². The summed E-state index contributed by atoms with van der Waals surface area (Å²) in [5.41, 5.74) is 10.2. The Kier molecular flexibility index (Phi) is 6.87. The summed E-state index contributed by atoms with van der Waals surface area (Å²) < 4.78 is 7.60. The second-order valence-electron chi connectivity index (χ2n) is 12.7. The van der Waals surface area contributed by atoms with E-state index in [0.717, 1.165) is 24.1 Å². The van der Waals surface area contributed by atoms with E-state index in [-0.39, 0.29) is 24.1 Å². The number of nitrogens with one attached hydrogen (secondary N) is 1. The minimum absolute atomic E-state index is 0.0591. The van der Waals surface area contributed by atoms with Crippen LogP contribution in [0, 0.1) is 5.92 Å². The van der Waals surface area contributed by atoms with Gasteiger partial charge in [-0.25, -0.2) is 19.4 Å². The van der Waals surface area contributed by atoms with Gasteiger partial charge >= 0.3 is 6.09 Å². The maximum Gasteiger partial charge on any atom is 0.410 e. The first kappa shape index (κ1) is 27.7. The first-order chi connectivity index (χ1) is 20.0. The Balaban J connectivity index is 1.32. The van der Waals surface area contributed by atoms with Crippen LogP contribution in [0.3, 0.4) is 0 Å². The number of aromatic nitrogens is 4. The first-order valence-corrected chi connectivity index (χ1v) is 14.5. The van der Waals surface area contributed by atoms with E-state index in [4.69, 9.17) is 15.6 Å². The second kappa shape index (κ2) is 10.4. The zero-order chi connectivity index (χ0) is 29.8. The number of fused-ring (bicyclic) bond motifs is 3. The molecule has 3 atom stereocenters. The van der Waals surface area contributed by atoms with E-state index >= 15 is 0 Å². The Morgan fingerprint density at radius 3 is 2.48 bits per heavy atom. The predicted molar refractivity (Wildman–Crippen MR) is 162 cm³/mol. The van der Waals surface area contributed by atoms with E-state index < -0.39 is 5.60 Å². The summed E-state index contributed by atoms with van der Waals surface area (Å²) in [7, 11) is 0. The molecule has 2 fully saturated rings. The molecule has 4 aromatic rings. The highest BCUT2D eigenvalue weighted by Gasteiger charge is 2.50. The topological polar surface area (TPSA) is 128 Å². The molecule has 3 unspecified atom stereocenters. The fraction of sp³-hybridized carbons (Fsp3) is 0.406. The Bertz CT molecular complexity index is 1660. The quantitative estimate of drug-likeness (QED) is 0.302. The van der Waals surface area contributed by atoms with E-state index in [2.05, 4.69) is 29.1 Å². The lowest BCUT2D eigenvalue weighted by molar-refractivity contribution is 0.0135. The van der Waals surface area contributed by atoms with Gasteiger partial charge in [-0.2, -0.15) is 5.10 Å². The van der Waals surface area contributed by atoms with Crippen molar-refractivity contribution in [3.05, 3.63) is 66.0 Å². The number of ether oxygens (including phenoxy) is 1. The number of carbonyl (C=O) groups is 2. The SMILES string of the molecule is CC(C)c1ccc(NC(=O)c2cccc(-c3nn(C4CC5CC4N(C(=O)OC(C)(C)C)C5)c4ncnc(N)c34)c2)cc1. The largest absolute Gasteiger partial charge is 0.444 e. The summed E-state index contributed by atoms with van der Waals surface area (Å²) in [6.07, 6.45) is 2.90. The maximum atomic E-state index is 13.2. The molecule has 1 aliphatic carbocycles. The monoisotopic (exact) mass is 567 g/mol.